The molecule has 8 heteroatoms. The highest BCUT2D eigenvalue weighted by Crippen LogP contribution is 2.24. The second-order valence-corrected chi connectivity index (χ2v) is 6.10. The summed E-state index contributed by atoms with van der Waals surface area (Å²) in [6.07, 6.45) is 2.99. The molecule has 1 aromatic carbocycles. The highest BCUT2D eigenvalue weighted by Gasteiger charge is 2.16. The number of nitrogens with zero attached hydrogens (tertiary/aromatic N) is 5. The van der Waals surface area contributed by atoms with E-state index in [9.17, 15) is 4.39 Å². The normalized spacial score (nSPS) is 11.2. The van der Waals surface area contributed by atoms with Gasteiger partial charge in [-0.15, -0.1) is 5.10 Å². The quantitative estimate of drug-likeness (QED) is 0.475. The molecule has 0 aliphatic carbocycles. The third-order valence-electron chi connectivity index (χ3n) is 3.38. The summed E-state index contributed by atoms with van der Waals surface area (Å²) in [5, 5.41) is 8.21. The molecule has 0 spiro atoms. The zero-order valence-electron chi connectivity index (χ0n) is 11.6. The molecule has 0 amide bonds. The van der Waals surface area contributed by atoms with E-state index in [2.05, 4.69) is 42.9 Å². The predicted octanol–water partition coefficient (Wildman–Crippen LogP) is 3.27. The molecule has 3 heterocycles. The van der Waals surface area contributed by atoms with Gasteiger partial charge in [0.1, 0.15) is 17.8 Å². The van der Waals surface area contributed by atoms with Crippen LogP contribution in [0, 0.1) is 9.39 Å². The van der Waals surface area contributed by atoms with Gasteiger partial charge in [0.2, 0.25) is 0 Å². The van der Waals surface area contributed by atoms with Crippen molar-refractivity contribution in [3.63, 3.8) is 0 Å². The van der Waals surface area contributed by atoms with E-state index < -0.39 is 0 Å². The highest BCUT2D eigenvalue weighted by molar-refractivity contribution is 14.1. The first kappa shape index (κ1) is 14.2. The SMILES string of the molecule is Fc1ccc(I)cc1Cn1nnc2c(-c3ccco3)ncnc21. The average molecular weight is 421 g/mol. The second kappa shape index (κ2) is 5.69. The summed E-state index contributed by atoms with van der Waals surface area (Å²) in [4.78, 5) is 8.43. The Kier molecular flexibility index (Phi) is 3.52. The summed E-state index contributed by atoms with van der Waals surface area (Å²) in [5.74, 6) is 0.305. The van der Waals surface area contributed by atoms with Gasteiger partial charge >= 0.3 is 0 Å². The lowest BCUT2D eigenvalue weighted by Crippen LogP contribution is -2.05. The summed E-state index contributed by atoms with van der Waals surface area (Å²) in [7, 11) is 0. The van der Waals surface area contributed by atoms with E-state index in [0.717, 1.165) is 3.57 Å². The first-order valence-electron chi connectivity index (χ1n) is 6.74. The second-order valence-electron chi connectivity index (χ2n) is 4.85. The molecule has 6 nitrogen and oxygen atoms in total. The Morgan fingerprint density at radius 2 is 2.13 bits per heavy atom. The van der Waals surface area contributed by atoms with E-state index in [1.807, 2.05) is 0 Å². The fraction of sp³-hybridized carbons (Fsp3) is 0.0667. The van der Waals surface area contributed by atoms with Crippen molar-refractivity contribution >= 4 is 33.8 Å². The number of aromatic nitrogens is 5. The summed E-state index contributed by atoms with van der Waals surface area (Å²) in [6.45, 7) is 0.244. The molecule has 0 saturated carbocycles. The van der Waals surface area contributed by atoms with Crippen molar-refractivity contribution in [2.24, 2.45) is 0 Å². The molecule has 4 aromatic rings. The van der Waals surface area contributed by atoms with Gasteiger partial charge in [0.05, 0.1) is 12.8 Å². The molecule has 0 N–H and O–H groups in total. The van der Waals surface area contributed by atoms with Crippen molar-refractivity contribution in [2.45, 2.75) is 6.54 Å². The minimum atomic E-state index is -0.283. The zero-order valence-corrected chi connectivity index (χ0v) is 13.8. The van der Waals surface area contributed by atoms with Gasteiger partial charge in [-0.1, -0.05) is 5.21 Å². The fourth-order valence-corrected chi connectivity index (χ4v) is 2.87. The molecule has 0 unspecified atom stereocenters. The largest absolute Gasteiger partial charge is 0.463 e. The van der Waals surface area contributed by atoms with Crippen LogP contribution >= 0.6 is 22.6 Å². The predicted molar refractivity (Wildman–Crippen MR) is 89.0 cm³/mol. The molecule has 3 aromatic heterocycles. The van der Waals surface area contributed by atoms with Crippen LogP contribution in [0.4, 0.5) is 4.39 Å². The summed E-state index contributed by atoms with van der Waals surface area (Å²) >= 11 is 2.14. The molecular formula is C15H9FIN5O. The van der Waals surface area contributed by atoms with Crippen LogP contribution in [0.5, 0.6) is 0 Å². The van der Waals surface area contributed by atoms with E-state index in [1.165, 1.54) is 12.4 Å². The van der Waals surface area contributed by atoms with Gasteiger partial charge in [0.25, 0.3) is 0 Å². The van der Waals surface area contributed by atoms with Crippen LogP contribution in [0.3, 0.4) is 0 Å². The number of hydrogen-bond donors (Lipinski definition) is 0. The van der Waals surface area contributed by atoms with Crippen molar-refractivity contribution in [2.75, 3.05) is 0 Å². The lowest BCUT2D eigenvalue weighted by Gasteiger charge is -2.04. The first-order chi connectivity index (χ1) is 11.2. The maximum atomic E-state index is 14.0. The molecule has 0 atom stereocenters. The Hall–Kier alpha value is -2.36. The van der Waals surface area contributed by atoms with E-state index in [-0.39, 0.29) is 12.4 Å². The molecule has 0 aliphatic heterocycles. The monoisotopic (exact) mass is 421 g/mol. The molecular weight excluding hydrogens is 412 g/mol. The third-order valence-corrected chi connectivity index (χ3v) is 4.05. The molecule has 0 bridgehead atoms. The van der Waals surface area contributed by atoms with Crippen LogP contribution < -0.4 is 0 Å². The Balaban J connectivity index is 1.80. The van der Waals surface area contributed by atoms with Crippen molar-refractivity contribution in [3.8, 4) is 11.5 Å². The van der Waals surface area contributed by atoms with Gasteiger partial charge in [0.15, 0.2) is 16.9 Å². The lowest BCUT2D eigenvalue weighted by atomic mass is 10.2. The maximum absolute atomic E-state index is 14.0. The molecule has 0 aliphatic rings. The third kappa shape index (κ3) is 2.58. The van der Waals surface area contributed by atoms with Crippen LogP contribution in [0.25, 0.3) is 22.6 Å². The maximum Gasteiger partial charge on any atom is 0.182 e. The van der Waals surface area contributed by atoms with Crippen molar-refractivity contribution in [3.05, 3.63) is 57.9 Å². The molecule has 0 fully saturated rings. The molecule has 4 rings (SSSR count). The smallest absolute Gasteiger partial charge is 0.182 e. The van der Waals surface area contributed by atoms with Crippen LogP contribution in [0.2, 0.25) is 0 Å². The topological polar surface area (TPSA) is 69.6 Å². The highest BCUT2D eigenvalue weighted by atomic mass is 127. The minimum Gasteiger partial charge on any atom is -0.463 e. The van der Waals surface area contributed by atoms with Gasteiger partial charge in [-0.3, -0.25) is 0 Å². The van der Waals surface area contributed by atoms with Crippen molar-refractivity contribution in [1.29, 1.82) is 0 Å². The number of rotatable bonds is 3. The molecule has 114 valence electrons. The van der Waals surface area contributed by atoms with Gasteiger partial charge in [-0.2, -0.15) is 0 Å². The average Bonchev–Trinajstić information content (AvgIpc) is 3.21. The van der Waals surface area contributed by atoms with E-state index in [0.29, 0.717) is 28.2 Å². The van der Waals surface area contributed by atoms with Crippen LogP contribution in [0.15, 0.2) is 47.3 Å². The van der Waals surface area contributed by atoms with E-state index >= 15 is 0 Å². The number of hydrogen-bond acceptors (Lipinski definition) is 5. The summed E-state index contributed by atoms with van der Waals surface area (Å²) in [6, 6.07) is 8.50. The zero-order chi connectivity index (χ0) is 15.8. The Bertz CT molecular complexity index is 983. The lowest BCUT2D eigenvalue weighted by molar-refractivity contribution is 0.580. The van der Waals surface area contributed by atoms with Crippen LogP contribution in [-0.4, -0.2) is 25.0 Å². The number of benzene rings is 1. The minimum absolute atomic E-state index is 0.244. The Morgan fingerprint density at radius 1 is 1.22 bits per heavy atom. The molecule has 23 heavy (non-hydrogen) atoms. The number of fused-ring (bicyclic) bond motifs is 1. The van der Waals surface area contributed by atoms with Crippen molar-refractivity contribution in [1.82, 2.24) is 25.0 Å². The Morgan fingerprint density at radius 3 is 2.96 bits per heavy atom. The van der Waals surface area contributed by atoms with Crippen molar-refractivity contribution < 1.29 is 8.81 Å². The van der Waals surface area contributed by atoms with E-state index in [4.69, 9.17) is 4.42 Å². The standard InChI is InChI=1S/C15H9FIN5O/c16-11-4-3-10(17)6-9(11)7-22-15-14(20-21-22)13(18-8-19-15)12-2-1-5-23-12/h1-6,8H,7H2. The van der Waals surface area contributed by atoms with Gasteiger partial charge in [0, 0.05) is 9.13 Å². The van der Waals surface area contributed by atoms with Gasteiger partial charge in [-0.25, -0.2) is 19.0 Å². The number of halogens is 2. The fourth-order valence-electron chi connectivity index (χ4n) is 2.32. The first-order valence-corrected chi connectivity index (χ1v) is 7.82. The van der Waals surface area contributed by atoms with Gasteiger partial charge in [-0.05, 0) is 52.9 Å². The van der Waals surface area contributed by atoms with Crippen LogP contribution in [0.1, 0.15) is 5.56 Å². The van der Waals surface area contributed by atoms with E-state index in [1.54, 1.807) is 35.2 Å². The Labute approximate surface area is 143 Å². The summed E-state index contributed by atoms with van der Waals surface area (Å²) in [5.41, 5.74) is 2.15. The number of furan rings is 1. The molecule has 0 radical (unpaired) electrons. The van der Waals surface area contributed by atoms with Crippen LogP contribution in [-0.2, 0) is 6.54 Å². The summed E-state index contributed by atoms with van der Waals surface area (Å²) < 4.78 is 21.8. The van der Waals surface area contributed by atoms with Gasteiger partial charge < -0.3 is 4.42 Å². The molecule has 0 saturated heterocycles.